The summed E-state index contributed by atoms with van der Waals surface area (Å²) in [6.07, 6.45) is 2.17. The highest BCUT2D eigenvalue weighted by atomic mass is 35.5. The molecule has 1 spiro atoms. The quantitative estimate of drug-likeness (QED) is 0.738. The van der Waals surface area contributed by atoms with E-state index >= 15 is 0 Å². The highest BCUT2D eigenvalue weighted by Gasteiger charge is 2.44. The second-order valence-electron chi connectivity index (χ2n) is 7.27. The third-order valence-corrected chi connectivity index (χ3v) is 5.72. The first kappa shape index (κ1) is 17.4. The van der Waals surface area contributed by atoms with Crippen LogP contribution in [-0.2, 0) is 6.54 Å². The van der Waals surface area contributed by atoms with Crippen LogP contribution in [0, 0.1) is 5.92 Å². The van der Waals surface area contributed by atoms with Crippen molar-refractivity contribution in [2.24, 2.45) is 10.9 Å². The van der Waals surface area contributed by atoms with Crippen molar-refractivity contribution < 1.29 is 0 Å². The summed E-state index contributed by atoms with van der Waals surface area (Å²) < 4.78 is 0. The van der Waals surface area contributed by atoms with E-state index in [9.17, 15) is 0 Å². The molecule has 5 heteroatoms. The largest absolute Gasteiger partial charge is 0.371 e. The summed E-state index contributed by atoms with van der Waals surface area (Å²) in [6.45, 7) is 5.05. The number of benzene rings is 2. The minimum Gasteiger partial charge on any atom is -0.371 e. The molecule has 2 aliphatic rings. The molecule has 4 rings (SSSR count). The Hall–Kier alpha value is -2.04. The first-order chi connectivity index (χ1) is 12.7. The van der Waals surface area contributed by atoms with Crippen molar-refractivity contribution in [3.8, 4) is 0 Å². The van der Waals surface area contributed by atoms with E-state index in [0.717, 1.165) is 53.7 Å². The molecule has 4 nitrogen and oxygen atoms in total. The molecule has 0 aliphatic carbocycles. The van der Waals surface area contributed by atoms with Crippen LogP contribution in [0.1, 0.15) is 25.3 Å². The van der Waals surface area contributed by atoms with Crippen molar-refractivity contribution in [3.63, 3.8) is 0 Å². The normalized spacial score (nSPS) is 25.0. The number of anilines is 1. The van der Waals surface area contributed by atoms with E-state index in [4.69, 9.17) is 16.6 Å². The molecule has 1 fully saturated rings. The fourth-order valence-electron chi connectivity index (χ4n) is 4.00. The monoisotopic (exact) mass is 368 g/mol. The standard InChI is InChI=1S/C21H25ClN4/c1-15-13-23-11-5-10-21(15)20(24-14-16-6-4-7-17(22)12-16)25-18-8-2-3-9-19(18)26-21/h2-4,6-9,12,15,23,26H,5,10-11,13-14H2,1H3,(H,24,25). The third-order valence-electron chi connectivity index (χ3n) is 5.48. The third kappa shape index (κ3) is 3.31. The molecule has 2 heterocycles. The Morgan fingerprint density at radius 2 is 2.12 bits per heavy atom. The molecule has 0 saturated carbocycles. The maximum Gasteiger partial charge on any atom is 0.129 e. The SMILES string of the molecule is CC1CNCCCC12Nc1ccccc1N=C2NCc1cccc(Cl)c1. The number of para-hydroxylation sites is 2. The number of rotatable bonds is 2. The first-order valence-electron chi connectivity index (χ1n) is 9.33. The minimum absolute atomic E-state index is 0.170. The molecule has 2 unspecified atom stereocenters. The van der Waals surface area contributed by atoms with Gasteiger partial charge in [-0.25, -0.2) is 4.99 Å². The zero-order valence-electron chi connectivity index (χ0n) is 15.1. The molecular weight excluding hydrogens is 344 g/mol. The molecule has 0 radical (unpaired) electrons. The lowest BCUT2D eigenvalue weighted by Gasteiger charge is -2.43. The molecule has 0 amide bonds. The first-order valence-corrected chi connectivity index (χ1v) is 9.70. The molecule has 3 N–H and O–H groups in total. The van der Waals surface area contributed by atoms with Gasteiger partial charge in [0.1, 0.15) is 5.84 Å². The van der Waals surface area contributed by atoms with E-state index in [1.807, 2.05) is 24.3 Å². The molecule has 2 aliphatic heterocycles. The van der Waals surface area contributed by atoms with Gasteiger partial charge >= 0.3 is 0 Å². The van der Waals surface area contributed by atoms with Crippen molar-refractivity contribution in [1.29, 1.82) is 0 Å². The lowest BCUT2D eigenvalue weighted by atomic mass is 9.79. The van der Waals surface area contributed by atoms with Gasteiger partial charge in [-0.1, -0.05) is 42.8 Å². The fraction of sp³-hybridized carbons (Fsp3) is 0.381. The number of halogens is 1. The van der Waals surface area contributed by atoms with Gasteiger partial charge in [0.15, 0.2) is 0 Å². The van der Waals surface area contributed by atoms with E-state index in [1.54, 1.807) is 0 Å². The Kier molecular flexibility index (Phi) is 4.88. The van der Waals surface area contributed by atoms with Crippen molar-refractivity contribution in [2.75, 3.05) is 18.4 Å². The molecule has 2 atom stereocenters. The molecule has 26 heavy (non-hydrogen) atoms. The van der Waals surface area contributed by atoms with Crippen molar-refractivity contribution in [3.05, 3.63) is 59.1 Å². The van der Waals surface area contributed by atoms with Crippen LogP contribution >= 0.6 is 11.6 Å². The molecule has 0 bridgehead atoms. The van der Waals surface area contributed by atoms with Gasteiger partial charge < -0.3 is 16.0 Å². The van der Waals surface area contributed by atoms with E-state index in [1.165, 1.54) is 0 Å². The molecule has 2 aromatic carbocycles. The number of hydrogen-bond donors (Lipinski definition) is 3. The number of aliphatic imine (C=N–C) groups is 1. The zero-order valence-corrected chi connectivity index (χ0v) is 15.8. The van der Waals surface area contributed by atoms with Gasteiger partial charge in [0, 0.05) is 18.1 Å². The minimum atomic E-state index is -0.170. The second kappa shape index (κ2) is 7.29. The Labute approximate surface area is 160 Å². The molecule has 0 aromatic heterocycles. The summed E-state index contributed by atoms with van der Waals surface area (Å²) in [6, 6.07) is 16.3. The summed E-state index contributed by atoms with van der Waals surface area (Å²) in [5, 5.41) is 11.8. The number of nitrogens with zero attached hydrogens (tertiary/aromatic N) is 1. The van der Waals surface area contributed by atoms with Gasteiger partial charge in [0.2, 0.25) is 0 Å². The van der Waals surface area contributed by atoms with Crippen LogP contribution in [0.2, 0.25) is 5.02 Å². The maximum atomic E-state index is 6.14. The number of hydrogen-bond acceptors (Lipinski definition) is 4. The van der Waals surface area contributed by atoms with Gasteiger partial charge in [-0.3, -0.25) is 0 Å². The molecule has 136 valence electrons. The predicted octanol–water partition coefficient (Wildman–Crippen LogP) is 4.34. The summed E-state index contributed by atoms with van der Waals surface area (Å²) in [7, 11) is 0. The lowest BCUT2D eigenvalue weighted by Crippen LogP contribution is -2.58. The summed E-state index contributed by atoms with van der Waals surface area (Å²) >= 11 is 6.14. The summed E-state index contributed by atoms with van der Waals surface area (Å²) in [5.41, 5.74) is 3.11. The van der Waals surface area contributed by atoms with Crippen LogP contribution in [0.25, 0.3) is 0 Å². The predicted molar refractivity (Wildman–Crippen MR) is 109 cm³/mol. The van der Waals surface area contributed by atoms with Crippen LogP contribution in [-0.4, -0.2) is 24.5 Å². The number of amidine groups is 1. The van der Waals surface area contributed by atoms with Crippen molar-refractivity contribution >= 4 is 28.8 Å². The van der Waals surface area contributed by atoms with Gasteiger partial charge in [-0.2, -0.15) is 0 Å². The summed E-state index contributed by atoms with van der Waals surface area (Å²) in [5.74, 6) is 1.45. The molecule has 1 saturated heterocycles. The Morgan fingerprint density at radius 1 is 1.23 bits per heavy atom. The Balaban J connectivity index is 1.68. The van der Waals surface area contributed by atoms with Gasteiger partial charge in [-0.05, 0) is 55.1 Å². The van der Waals surface area contributed by atoms with Crippen LogP contribution in [0.4, 0.5) is 11.4 Å². The number of nitrogens with one attached hydrogen (secondary N) is 3. The van der Waals surface area contributed by atoms with Crippen molar-refractivity contribution in [2.45, 2.75) is 31.8 Å². The summed E-state index contributed by atoms with van der Waals surface area (Å²) in [4.78, 5) is 5.03. The lowest BCUT2D eigenvalue weighted by molar-refractivity contribution is 0.396. The van der Waals surface area contributed by atoms with Crippen LogP contribution in [0.5, 0.6) is 0 Å². The average molecular weight is 369 g/mol. The molecule has 2 aromatic rings. The fourth-order valence-corrected chi connectivity index (χ4v) is 4.21. The smallest absolute Gasteiger partial charge is 0.129 e. The van der Waals surface area contributed by atoms with Crippen LogP contribution < -0.4 is 16.0 Å². The Bertz CT molecular complexity index is 819. The van der Waals surface area contributed by atoms with Crippen molar-refractivity contribution in [1.82, 2.24) is 10.6 Å². The average Bonchev–Trinajstić information content (AvgIpc) is 2.82. The second-order valence-corrected chi connectivity index (χ2v) is 7.70. The zero-order chi connectivity index (χ0) is 18.0. The van der Waals surface area contributed by atoms with Gasteiger partial charge in [0.05, 0.1) is 16.9 Å². The van der Waals surface area contributed by atoms with E-state index in [-0.39, 0.29) is 5.54 Å². The highest BCUT2D eigenvalue weighted by molar-refractivity contribution is 6.30. The maximum absolute atomic E-state index is 6.14. The highest BCUT2D eigenvalue weighted by Crippen LogP contribution is 2.39. The van der Waals surface area contributed by atoms with Gasteiger partial charge in [0.25, 0.3) is 0 Å². The van der Waals surface area contributed by atoms with Crippen LogP contribution in [0.3, 0.4) is 0 Å². The van der Waals surface area contributed by atoms with E-state index < -0.39 is 0 Å². The Morgan fingerprint density at radius 3 is 3.00 bits per heavy atom. The topological polar surface area (TPSA) is 48.5 Å². The van der Waals surface area contributed by atoms with E-state index in [0.29, 0.717) is 12.5 Å². The van der Waals surface area contributed by atoms with Gasteiger partial charge in [-0.15, -0.1) is 0 Å². The number of fused-ring (bicyclic) bond motifs is 1. The van der Waals surface area contributed by atoms with Crippen LogP contribution in [0.15, 0.2) is 53.5 Å². The molecular formula is C21H25ClN4. The van der Waals surface area contributed by atoms with E-state index in [2.05, 4.69) is 47.1 Å².